The van der Waals surface area contributed by atoms with E-state index in [1.165, 1.54) is 6.07 Å². The highest BCUT2D eigenvalue weighted by Crippen LogP contribution is 2.29. The molecule has 2 atom stereocenters. The lowest BCUT2D eigenvalue weighted by molar-refractivity contribution is -0.0658. The van der Waals surface area contributed by atoms with Gasteiger partial charge in [0.1, 0.15) is 5.82 Å². The minimum Gasteiger partial charge on any atom is -0.374 e. The molecule has 2 unspecified atom stereocenters. The van der Waals surface area contributed by atoms with Crippen LogP contribution in [0.2, 0.25) is 0 Å². The number of benzene rings is 1. The molecule has 1 aromatic carbocycles. The number of aryl methyl sites for hydroxylation is 1. The minimum absolute atomic E-state index is 0.0106. The standard InChI is InChI=1S/C14H21FN2O/c1-3-17-6-7-18-13(9-16)14(17)11-4-5-12(15)10(2)8-11/h4-5,8,13-14H,3,6-7,9,16H2,1-2H3. The average molecular weight is 252 g/mol. The van der Waals surface area contributed by atoms with E-state index < -0.39 is 0 Å². The molecule has 1 aromatic rings. The number of morpholine rings is 1. The first-order valence-corrected chi connectivity index (χ1v) is 6.49. The number of nitrogens with zero attached hydrogens (tertiary/aromatic N) is 1. The summed E-state index contributed by atoms with van der Waals surface area (Å²) in [6.45, 7) is 6.96. The Morgan fingerprint density at radius 2 is 2.28 bits per heavy atom. The highest BCUT2D eigenvalue weighted by molar-refractivity contribution is 5.27. The van der Waals surface area contributed by atoms with Gasteiger partial charge in [0.05, 0.1) is 18.8 Å². The molecule has 2 N–H and O–H groups in total. The van der Waals surface area contributed by atoms with Crippen molar-refractivity contribution in [1.29, 1.82) is 0 Å². The molecule has 1 aliphatic heterocycles. The number of likely N-dealkylation sites (N-methyl/N-ethyl adjacent to an activating group) is 1. The van der Waals surface area contributed by atoms with Crippen LogP contribution in [0.25, 0.3) is 0 Å². The van der Waals surface area contributed by atoms with Crippen LogP contribution in [0.5, 0.6) is 0 Å². The molecule has 0 spiro atoms. The Hall–Kier alpha value is -0.970. The fourth-order valence-electron chi connectivity index (χ4n) is 2.62. The van der Waals surface area contributed by atoms with E-state index in [-0.39, 0.29) is 18.0 Å². The van der Waals surface area contributed by atoms with E-state index in [1.54, 1.807) is 6.92 Å². The summed E-state index contributed by atoms with van der Waals surface area (Å²) in [6, 6.07) is 5.40. The van der Waals surface area contributed by atoms with Crippen LogP contribution < -0.4 is 5.73 Å². The van der Waals surface area contributed by atoms with Crippen molar-refractivity contribution < 1.29 is 9.13 Å². The molecule has 0 radical (unpaired) electrons. The number of nitrogens with two attached hydrogens (primary N) is 1. The summed E-state index contributed by atoms with van der Waals surface area (Å²) in [5, 5.41) is 0. The van der Waals surface area contributed by atoms with Gasteiger partial charge in [-0.25, -0.2) is 4.39 Å². The van der Waals surface area contributed by atoms with Gasteiger partial charge in [0.2, 0.25) is 0 Å². The minimum atomic E-state index is -0.164. The van der Waals surface area contributed by atoms with Crippen LogP contribution >= 0.6 is 0 Å². The summed E-state index contributed by atoms with van der Waals surface area (Å²) < 4.78 is 19.1. The Kier molecular flexibility index (Phi) is 4.32. The number of rotatable bonds is 3. The fourth-order valence-corrected chi connectivity index (χ4v) is 2.62. The maximum atomic E-state index is 13.4. The van der Waals surface area contributed by atoms with Gasteiger partial charge in [-0.15, -0.1) is 0 Å². The molecule has 2 rings (SSSR count). The predicted molar refractivity (Wildman–Crippen MR) is 69.9 cm³/mol. The number of ether oxygens (including phenoxy) is 1. The van der Waals surface area contributed by atoms with Crippen molar-refractivity contribution in [3.8, 4) is 0 Å². The van der Waals surface area contributed by atoms with Gasteiger partial charge in [-0.2, -0.15) is 0 Å². The summed E-state index contributed by atoms with van der Waals surface area (Å²) in [5.41, 5.74) is 7.55. The normalized spacial score (nSPS) is 25.3. The Bertz CT molecular complexity index is 399. The van der Waals surface area contributed by atoms with Crippen LogP contribution in [0.1, 0.15) is 24.1 Å². The number of halogens is 1. The molecule has 18 heavy (non-hydrogen) atoms. The Morgan fingerprint density at radius 1 is 1.50 bits per heavy atom. The third kappa shape index (κ3) is 2.55. The maximum absolute atomic E-state index is 13.4. The van der Waals surface area contributed by atoms with Gasteiger partial charge in [-0.1, -0.05) is 19.1 Å². The molecule has 0 aromatic heterocycles. The molecule has 1 saturated heterocycles. The lowest BCUT2D eigenvalue weighted by Gasteiger charge is -2.40. The van der Waals surface area contributed by atoms with E-state index in [0.717, 1.165) is 18.7 Å². The number of hydrogen-bond acceptors (Lipinski definition) is 3. The van der Waals surface area contributed by atoms with Crippen LogP contribution in [0.15, 0.2) is 18.2 Å². The molecule has 0 aliphatic carbocycles. The molecule has 1 aliphatic rings. The second-order valence-electron chi connectivity index (χ2n) is 4.73. The first-order valence-electron chi connectivity index (χ1n) is 6.49. The summed E-state index contributed by atoms with van der Waals surface area (Å²) in [5.74, 6) is -0.164. The van der Waals surface area contributed by atoms with Crippen LogP contribution in [0.3, 0.4) is 0 Å². The fraction of sp³-hybridized carbons (Fsp3) is 0.571. The zero-order valence-electron chi connectivity index (χ0n) is 11.0. The molecule has 1 heterocycles. The van der Waals surface area contributed by atoms with Crippen molar-refractivity contribution in [2.24, 2.45) is 5.73 Å². The van der Waals surface area contributed by atoms with Crippen LogP contribution in [0, 0.1) is 12.7 Å². The van der Waals surface area contributed by atoms with E-state index in [2.05, 4.69) is 11.8 Å². The molecule has 3 nitrogen and oxygen atoms in total. The summed E-state index contributed by atoms with van der Waals surface area (Å²) in [6.07, 6.45) is -0.0106. The topological polar surface area (TPSA) is 38.5 Å². The summed E-state index contributed by atoms with van der Waals surface area (Å²) in [7, 11) is 0. The molecule has 0 amide bonds. The third-order valence-electron chi connectivity index (χ3n) is 3.62. The monoisotopic (exact) mass is 252 g/mol. The number of hydrogen-bond donors (Lipinski definition) is 1. The lowest BCUT2D eigenvalue weighted by Crippen LogP contribution is -2.48. The van der Waals surface area contributed by atoms with E-state index in [1.807, 2.05) is 12.1 Å². The molecule has 0 bridgehead atoms. The smallest absolute Gasteiger partial charge is 0.126 e. The van der Waals surface area contributed by atoms with Gasteiger partial charge in [0.25, 0.3) is 0 Å². The van der Waals surface area contributed by atoms with Crippen molar-refractivity contribution in [2.75, 3.05) is 26.2 Å². The lowest BCUT2D eigenvalue weighted by atomic mass is 9.96. The average Bonchev–Trinajstić information content (AvgIpc) is 2.41. The van der Waals surface area contributed by atoms with E-state index in [9.17, 15) is 4.39 Å². The third-order valence-corrected chi connectivity index (χ3v) is 3.62. The molecule has 100 valence electrons. The van der Waals surface area contributed by atoms with Crippen LogP contribution in [-0.2, 0) is 4.74 Å². The van der Waals surface area contributed by atoms with Gasteiger partial charge >= 0.3 is 0 Å². The zero-order valence-corrected chi connectivity index (χ0v) is 11.0. The van der Waals surface area contributed by atoms with Crippen molar-refractivity contribution in [3.05, 3.63) is 35.1 Å². The Balaban J connectivity index is 2.32. The summed E-state index contributed by atoms with van der Waals surface area (Å²) in [4.78, 5) is 2.34. The molecular weight excluding hydrogens is 231 g/mol. The highest BCUT2D eigenvalue weighted by atomic mass is 19.1. The van der Waals surface area contributed by atoms with Crippen molar-refractivity contribution in [3.63, 3.8) is 0 Å². The van der Waals surface area contributed by atoms with Gasteiger partial charge < -0.3 is 10.5 Å². The molecule has 0 saturated carbocycles. The maximum Gasteiger partial charge on any atom is 0.126 e. The Morgan fingerprint density at radius 3 is 2.89 bits per heavy atom. The van der Waals surface area contributed by atoms with E-state index in [4.69, 9.17) is 10.5 Å². The van der Waals surface area contributed by atoms with E-state index >= 15 is 0 Å². The zero-order chi connectivity index (χ0) is 13.1. The van der Waals surface area contributed by atoms with Crippen molar-refractivity contribution in [2.45, 2.75) is 26.0 Å². The Labute approximate surface area is 108 Å². The first-order chi connectivity index (χ1) is 8.67. The quantitative estimate of drug-likeness (QED) is 0.892. The summed E-state index contributed by atoms with van der Waals surface area (Å²) >= 11 is 0. The van der Waals surface area contributed by atoms with Crippen molar-refractivity contribution >= 4 is 0 Å². The van der Waals surface area contributed by atoms with Gasteiger partial charge in [-0.3, -0.25) is 4.90 Å². The molecular formula is C14H21FN2O. The largest absolute Gasteiger partial charge is 0.374 e. The van der Waals surface area contributed by atoms with Gasteiger partial charge in [0.15, 0.2) is 0 Å². The highest BCUT2D eigenvalue weighted by Gasteiger charge is 2.31. The molecule has 1 fully saturated rings. The molecule has 4 heteroatoms. The van der Waals surface area contributed by atoms with Crippen LogP contribution in [0.4, 0.5) is 4.39 Å². The first kappa shape index (κ1) is 13.5. The van der Waals surface area contributed by atoms with Crippen LogP contribution in [-0.4, -0.2) is 37.2 Å². The van der Waals surface area contributed by atoms with E-state index in [0.29, 0.717) is 18.7 Å². The van der Waals surface area contributed by atoms with Gasteiger partial charge in [0, 0.05) is 13.1 Å². The predicted octanol–water partition coefficient (Wildman–Crippen LogP) is 1.85. The van der Waals surface area contributed by atoms with Crippen molar-refractivity contribution in [1.82, 2.24) is 4.90 Å². The van der Waals surface area contributed by atoms with Gasteiger partial charge in [-0.05, 0) is 30.7 Å². The second kappa shape index (κ2) is 5.78. The SMILES string of the molecule is CCN1CCOC(CN)C1c1ccc(F)c(C)c1. The second-order valence-corrected chi connectivity index (χ2v) is 4.73.